The molecule has 0 saturated carbocycles. The molecule has 0 aliphatic carbocycles. The van der Waals surface area contributed by atoms with Crippen molar-refractivity contribution < 1.29 is 31.0 Å². The number of halogens is 1. The molecule has 0 aromatic heterocycles. The second kappa shape index (κ2) is 3.36. The molecular formula is C5H9INO2-. The summed E-state index contributed by atoms with van der Waals surface area (Å²) < 4.78 is 8.03. The van der Waals surface area contributed by atoms with E-state index in [0.717, 1.165) is 6.42 Å². The van der Waals surface area contributed by atoms with Crippen molar-refractivity contribution in [3.63, 3.8) is 0 Å². The van der Waals surface area contributed by atoms with E-state index >= 15 is 0 Å². The molecule has 0 radical (unpaired) electrons. The van der Waals surface area contributed by atoms with Crippen LogP contribution < -0.4 is 25.0 Å². The maximum absolute atomic E-state index is 10.7. The molecule has 54 valence electrons. The Morgan fingerprint density at radius 3 is 3.11 bits per heavy atom. The van der Waals surface area contributed by atoms with Crippen LogP contribution in [0.3, 0.4) is 0 Å². The fourth-order valence-corrected chi connectivity index (χ4v) is 2.45. The molecule has 1 fully saturated rings. The third-order valence-electron chi connectivity index (χ3n) is 1.11. The summed E-state index contributed by atoms with van der Waals surface area (Å²) in [5.41, 5.74) is 0. The molecule has 1 aliphatic rings. The van der Waals surface area contributed by atoms with Crippen LogP contribution in [-0.4, -0.2) is 23.5 Å². The first-order chi connectivity index (χ1) is 4.34. The summed E-state index contributed by atoms with van der Waals surface area (Å²) >= 11 is -0.140. The van der Waals surface area contributed by atoms with Gasteiger partial charge in [0.1, 0.15) is 0 Å². The van der Waals surface area contributed by atoms with Crippen LogP contribution in [0.1, 0.15) is 6.42 Å². The predicted molar refractivity (Wildman–Crippen MR) is 28.4 cm³/mol. The van der Waals surface area contributed by atoms with Crippen molar-refractivity contribution in [2.75, 3.05) is 13.7 Å². The number of carbonyl (C=O) groups excluding carboxylic acids is 1. The van der Waals surface area contributed by atoms with Crippen molar-refractivity contribution in [3.8, 4) is 0 Å². The average molecular weight is 242 g/mol. The van der Waals surface area contributed by atoms with Gasteiger partial charge in [0.2, 0.25) is 0 Å². The Morgan fingerprint density at radius 1 is 1.89 bits per heavy atom. The van der Waals surface area contributed by atoms with Gasteiger partial charge < -0.3 is 0 Å². The van der Waals surface area contributed by atoms with E-state index in [1.165, 1.54) is 0 Å². The summed E-state index contributed by atoms with van der Waals surface area (Å²) in [7, 11) is 1.89. The molecule has 1 rings (SSSR count). The SMILES string of the molecule is CN[I-]C1CCOC1=O. The molecule has 9 heavy (non-hydrogen) atoms. The summed E-state index contributed by atoms with van der Waals surface area (Å²) in [6.45, 7) is 0.630. The Balaban J connectivity index is 2.31. The summed E-state index contributed by atoms with van der Waals surface area (Å²) in [5.74, 6) is -0.00264. The van der Waals surface area contributed by atoms with Gasteiger partial charge in [0.25, 0.3) is 0 Å². The molecule has 3 nitrogen and oxygen atoms in total. The molecule has 1 N–H and O–H groups in total. The van der Waals surface area contributed by atoms with Crippen molar-refractivity contribution in [1.29, 1.82) is 0 Å². The first kappa shape index (κ1) is 7.27. The van der Waals surface area contributed by atoms with Gasteiger partial charge in [-0.05, 0) is 0 Å². The number of hydrogen-bond donors (Lipinski definition) is 1. The molecule has 1 atom stereocenters. The Labute approximate surface area is 64.8 Å². The second-order valence-corrected chi connectivity index (χ2v) is 4.93. The van der Waals surface area contributed by atoms with Crippen LogP contribution in [0.2, 0.25) is 0 Å². The van der Waals surface area contributed by atoms with E-state index < -0.39 is 0 Å². The molecule has 4 heteroatoms. The fourth-order valence-electron chi connectivity index (χ4n) is 0.702. The van der Waals surface area contributed by atoms with Crippen LogP contribution in [-0.2, 0) is 9.53 Å². The van der Waals surface area contributed by atoms with E-state index in [4.69, 9.17) is 4.74 Å². The number of alkyl halides is 1. The minimum atomic E-state index is -0.140. The van der Waals surface area contributed by atoms with E-state index in [0.29, 0.717) is 6.61 Å². The van der Waals surface area contributed by atoms with E-state index in [9.17, 15) is 4.79 Å². The van der Waals surface area contributed by atoms with Crippen LogP contribution in [0, 0.1) is 0 Å². The Bertz CT molecular complexity index is 118. The molecule has 1 unspecified atom stereocenters. The minimum absolute atomic E-state index is 0.00264. The van der Waals surface area contributed by atoms with Crippen molar-refractivity contribution in [2.45, 2.75) is 10.3 Å². The van der Waals surface area contributed by atoms with Crippen molar-refractivity contribution >= 4 is 5.97 Å². The normalized spacial score (nSPS) is 26.8. The van der Waals surface area contributed by atoms with Gasteiger partial charge in [-0.1, -0.05) is 0 Å². The van der Waals surface area contributed by atoms with Gasteiger partial charge in [0.05, 0.1) is 0 Å². The van der Waals surface area contributed by atoms with Crippen molar-refractivity contribution in [1.82, 2.24) is 3.53 Å². The maximum atomic E-state index is 10.7. The van der Waals surface area contributed by atoms with Crippen molar-refractivity contribution in [3.05, 3.63) is 0 Å². The summed E-state index contributed by atoms with van der Waals surface area (Å²) in [6.07, 6.45) is 0.924. The molecule has 0 aromatic carbocycles. The number of ether oxygens (including phenoxy) is 1. The molecule has 1 aliphatic heterocycles. The van der Waals surface area contributed by atoms with E-state index in [2.05, 4.69) is 3.53 Å². The number of nitrogens with one attached hydrogen (secondary N) is 1. The molecule has 0 amide bonds. The van der Waals surface area contributed by atoms with Crippen LogP contribution in [0.4, 0.5) is 0 Å². The Hall–Kier alpha value is 0.160. The molecular weight excluding hydrogens is 233 g/mol. The third-order valence-corrected chi connectivity index (χ3v) is 3.62. The Morgan fingerprint density at radius 2 is 2.67 bits per heavy atom. The predicted octanol–water partition coefficient (Wildman–Crippen LogP) is -3.47. The van der Waals surface area contributed by atoms with E-state index in [1.807, 2.05) is 7.05 Å². The van der Waals surface area contributed by atoms with Gasteiger partial charge in [0, 0.05) is 0 Å². The third kappa shape index (κ3) is 1.79. The van der Waals surface area contributed by atoms with E-state index in [-0.39, 0.29) is 31.4 Å². The number of esters is 1. The zero-order valence-corrected chi connectivity index (χ0v) is 7.34. The quantitative estimate of drug-likeness (QED) is 0.236. The van der Waals surface area contributed by atoms with Gasteiger partial charge in [-0.3, -0.25) is 0 Å². The van der Waals surface area contributed by atoms with Crippen LogP contribution in [0.5, 0.6) is 0 Å². The average Bonchev–Trinajstić information content (AvgIpc) is 2.18. The van der Waals surface area contributed by atoms with Gasteiger partial charge in [0.15, 0.2) is 0 Å². The summed E-state index contributed by atoms with van der Waals surface area (Å²) in [5, 5.41) is 0. The molecule has 0 aromatic rings. The number of hydrogen-bond acceptors (Lipinski definition) is 3. The second-order valence-electron chi connectivity index (χ2n) is 1.72. The summed E-state index contributed by atoms with van der Waals surface area (Å²) in [6, 6.07) is 0. The number of cyclic esters (lactones) is 1. The molecule has 0 spiro atoms. The van der Waals surface area contributed by atoms with Crippen molar-refractivity contribution in [2.24, 2.45) is 0 Å². The van der Waals surface area contributed by atoms with Crippen LogP contribution in [0.25, 0.3) is 0 Å². The van der Waals surface area contributed by atoms with Crippen LogP contribution in [0.15, 0.2) is 0 Å². The summed E-state index contributed by atoms with van der Waals surface area (Å²) in [4.78, 5) is 10.7. The molecule has 0 bridgehead atoms. The zero-order chi connectivity index (χ0) is 6.69. The van der Waals surface area contributed by atoms with Gasteiger partial charge >= 0.3 is 64.5 Å². The first-order valence-corrected chi connectivity index (χ1v) is 5.13. The monoisotopic (exact) mass is 242 g/mol. The molecule has 1 saturated heterocycles. The number of carbonyl (C=O) groups is 1. The standard InChI is InChI=1S/C5H9INO2/c1-7-6-4-2-3-9-5(4)8/h4,7H,2-3H2,1H3/q-1. The molecule has 1 heterocycles. The van der Waals surface area contributed by atoms with Gasteiger partial charge in [-0.15, -0.1) is 0 Å². The van der Waals surface area contributed by atoms with E-state index in [1.54, 1.807) is 0 Å². The first-order valence-electron chi connectivity index (χ1n) is 2.80. The number of rotatable bonds is 2. The fraction of sp³-hybridized carbons (Fsp3) is 0.800. The zero-order valence-electron chi connectivity index (χ0n) is 5.19. The van der Waals surface area contributed by atoms with Gasteiger partial charge in [-0.25, -0.2) is 0 Å². The topological polar surface area (TPSA) is 38.3 Å². The Kier molecular flexibility index (Phi) is 2.71. The van der Waals surface area contributed by atoms with Crippen LogP contribution >= 0.6 is 0 Å². The van der Waals surface area contributed by atoms with Gasteiger partial charge in [-0.2, -0.15) is 0 Å².